The van der Waals surface area contributed by atoms with Crippen LogP contribution < -0.4 is 10.1 Å². The first kappa shape index (κ1) is 20.3. The van der Waals surface area contributed by atoms with Gasteiger partial charge in [0.15, 0.2) is 11.6 Å². The summed E-state index contributed by atoms with van der Waals surface area (Å²) in [6.45, 7) is 1.90. The second kappa shape index (κ2) is 8.05. The van der Waals surface area contributed by atoms with Crippen LogP contribution in [0.15, 0.2) is 48.7 Å². The lowest BCUT2D eigenvalue weighted by Crippen LogP contribution is -2.18. The number of nitrogens with one attached hydrogen (secondary N) is 1. The summed E-state index contributed by atoms with van der Waals surface area (Å²) in [6, 6.07) is 13.2. The minimum absolute atomic E-state index is 0.0490. The van der Waals surface area contributed by atoms with Crippen molar-refractivity contribution < 1.29 is 13.9 Å². The number of benzene rings is 2. The van der Waals surface area contributed by atoms with Crippen LogP contribution >= 0.6 is 11.6 Å². The van der Waals surface area contributed by atoms with E-state index in [4.69, 9.17) is 16.3 Å². The molecule has 154 valence electrons. The number of methoxy groups -OCH3 is 1. The lowest BCUT2D eigenvalue weighted by Gasteiger charge is -2.13. The normalized spacial score (nSPS) is 10.7. The Morgan fingerprint density at radius 2 is 2.06 bits per heavy atom. The maximum atomic E-state index is 14.2. The van der Waals surface area contributed by atoms with Gasteiger partial charge in [0.25, 0.3) is 5.91 Å². The third-order valence-electron chi connectivity index (χ3n) is 4.74. The summed E-state index contributed by atoms with van der Waals surface area (Å²) in [5.74, 6) is -0.617. The number of rotatable bonds is 4. The second-order valence-corrected chi connectivity index (χ2v) is 7.04. The molecule has 0 spiro atoms. The highest BCUT2D eigenvalue weighted by atomic mass is 35.5. The molecular weight excluding hydrogens is 421 g/mol. The fourth-order valence-corrected chi connectivity index (χ4v) is 3.51. The van der Waals surface area contributed by atoms with Crippen LogP contribution in [-0.2, 0) is 0 Å². The number of pyridine rings is 1. The Labute approximate surface area is 181 Å². The number of fused-ring (bicyclic) bond motifs is 1. The van der Waals surface area contributed by atoms with Crippen molar-refractivity contribution in [1.29, 1.82) is 5.26 Å². The van der Waals surface area contributed by atoms with Gasteiger partial charge in [-0.1, -0.05) is 29.8 Å². The van der Waals surface area contributed by atoms with Crippen molar-refractivity contribution in [3.05, 3.63) is 76.2 Å². The van der Waals surface area contributed by atoms with Gasteiger partial charge in [0.1, 0.15) is 28.7 Å². The van der Waals surface area contributed by atoms with Crippen LogP contribution in [0.4, 0.5) is 10.2 Å². The van der Waals surface area contributed by atoms with Crippen molar-refractivity contribution in [2.24, 2.45) is 0 Å². The van der Waals surface area contributed by atoms with E-state index in [0.717, 1.165) is 17.0 Å². The van der Waals surface area contributed by atoms with Crippen LogP contribution in [0.5, 0.6) is 5.75 Å². The number of nitriles is 1. The molecule has 0 atom stereocenters. The van der Waals surface area contributed by atoms with E-state index in [0.29, 0.717) is 17.1 Å². The summed E-state index contributed by atoms with van der Waals surface area (Å²) < 4.78 is 20.9. The number of carbonyl (C=O) groups is 1. The molecule has 0 saturated carbocycles. The molecule has 0 radical (unpaired) electrons. The van der Waals surface area contributed by atoms with Crippen molar-refractivity contribution in [3.8, 4) is 17.6 Å². The quantitative estimate of drug-likeness (QED) is 0.503. The van der Waals surface area contributed by atoms with E-state index in [1.54, 1.807) is 19.2 Å². The van der Waals surface area contributed by atoms with E-state index >= 15 is 0 Å². The minimum Gasteiger partial charge on any atom is -0.494 e. The number of aryl methyl sites for hydroxylation is 1. The van der Waals surface area contributed by atoms with Crippen LogP contribution in [0.3, 0.4) is 0 Å². The predicted molar refractivity (Wildman–Crippen MR) is 114 cm³/mol. The first-order chi connectivity index (χ1) is 14.9. The molecule has 2 heterocycles. The Balaban J connectivity index is 1.85. The molecule has 0 aliphatic heterocycles. The highest BCUT2D eigenvalue weighted by Crippen LogP contribution is 2.29. The number of hydrogen-bond acceptors (Lipinski definition) is 5. The Morgan fingerprint density at radius 1 is 1.29 bits per heavy atom. The summed E-state index contributed by atoms with van der Waals surface area (Å²) in [5.41, 5.74) is 1.25. The molecule has 9 heteroatoms. The van der Waals surface area contributed by atoms with Crippen molar-refractivity contribution in [2.75, 3.05) is 12.4 Å². The molecule has 4 rings (SSSR count). The molecule has 0 bridgehead atoms. The SMILES string of the molecule is COc1cccc2c(C)cc(-n3ncc(C#N)c3NC(=O)c3c(F)cccc3Cl)nc12. The van der Waals surface area contributed by atoms with Crippen LogP contribution in [0.1, 0.15) is 21.5 Å². The monoisotopic (exact) mass is 435 g/mol. The summed E-state index contributed by atoms with van der Waals surface area (Å²) in [7, 11) is 1.55. The topological polar surface area (TPSA) is 92.8 Å². The van der Waals surface area contributed by atoms with E-state index in [1.807, 2.05) is 25.1 Å². The first-order valence-corrected chi connectivity index (χ1v) is 9.50. The third-order valence-corrected chi connectivity index (χ3v) is 5.06. The average Bonchev–Trinajstić information content (AvgIpc) is 3.15. The molecule has 0 aliphatic rings. The minimum atomic E-state index is -0.809. The van der Waals surface area contributed by atoms with E-state index in [1.165, 1.54) is 23.0 Å². The van der Waals surface area contributed by atoms with Crippen molar-refractivity contribution in [3.63, 3.8) is 0 Å². The zero-order chi connectivity index (χ0) is 22.1. The molecule has 1 amide bonds. The van der Waals surface area contributed by atoms with E-state index in [-0.39, 0.29) is 22.0 Å². The Hall–Kier alpha value is -3.96. The van der Waals surface area contributed by atoms with Crippen molar-refractivity contribution in [1.82, 2.24) is 14.8 Å². The zero-order valence-corrected chi connectivity index (χ0v) is 17.2. The number of hydrogen-bond donors (Lipinski definition) is 1. The van der Waals surface area contributed by atoms with Crippen LogP contribution in [0.25, 0.3) is 16.7 Å². The highest BCUT2D eigenvalue weighted by molar-refractivity contribution is 6.34. The Morgan fingerprint density at radius 3 is 2.77 bits per heavy atom. The number of carbonyl (C=O) groups excluding carboxylic acids is 1. The second-order valence-electron chi connectivity index (χ2n) is 6.64. The van der Waals surface area contributed by atoms with Gasteiger partial charge in [-0.05, 0) is 36.8 Å². The van der Waals surface area contributed by atoms with Crippen LogP contribution in [-0.4, -0.2) is 27.8 Å². The average molecular weight is 436 g/mol. The third kappa shape index (κ3) is 3.56. The fraction of sp³-hybridized carbons (Fsp3) is 0.0909. The van der Waals surface area contributed by atoms with Gasteiger partial charge in [0, 0.05) is 5.39 Å². The molecule has 0 aliphatic carbocycles. The molecule has 7 nitrogen and oxygen atoms in total. The lowest BCUT2D eigenvalue weighted by molar-refractivity contribution is 0.102. The molecule has 4 aromatic rings. The van der Waals surface area contributed by atoms with Gasteiger partial charge in [-0.25, -0.2) is 9.37 Å². The van der Waals surface area contributed by atoms with Gasteiger partial charge in [-0.3, -0.25) is 4.79 Å². The maximum Gasteiger partial charge on any atom is 0.261 e. The van der Waals surface area contributed by atoms with Gasteiger partial charge in [-0.2, -0.15) is 15.0 Å². The molecule has 31 heavy (non-hydrogen) atoms. The van der Waals surface area contributed by atoms with Crippen LogP contribution in [0.2, 0.25) is 5.02 Å². The summed E-state index contributed by atoms with van der Waals surface area (Å²) in [5, 5.41) is 17.1. The number of anilines is 1. The van der Waals surface area contributed by atoms with Gasteiger partial charge in [0.2, 0.25) is 0 Å². The number of para-hydroxylation sites is 1. The summed E-state index contributed by atoms with van der Waals surface area (Å²) in [4.78, 5) is 17.4. The summed E-state index contributed by atoms with van der Waals surface area (Å²) >= 11 is 6.00. The Kier molecular flexibility index (Phi) is 5.28. The van der Waals surface area contributed by atoms with E-state index in [9.17, 15) is 14.4 Å². The fourth-order valence-electron chi connectivity index (χ4n) is 3.26. The van der Waals surface area contributed by atoms with Crippen LogP contribution in [0, 0.1) is 24.1 Å². The van der Waals surface area contributed by atoms with Gasteiger partial charge in [0.05, 0.1) is 23.9 Å². The maximum absolute atomic E-state index is 14.2. The van der Waals surface area contributed by atoms with Gasteiger partial charge >= 0.3 is 0 Å². The molecule has 0 fully saturated rings. The van der Waals surface area contributed by atoms with E-state index < -0.39 is 11.7 Å². The molecule has 0 saturated heterocycles. The van der Waals surface area contributed by atoms with Crippen molar-refractivity contribution in [2.45, 2.75) is 6.92 Å². The predicted octanol–water partition coefficient (Wildman–Crippen LogP) is 4.65. The molecule has 1 N–H and O–H groups in total. The summed E-state index contributed by atoms with van der Waals surface area (Å²) in [6.07, 6.45) is 1.29. The zero-order valence-electron chi connectivity index (χ0n) is 16.5. The highest BCUT2D eigenvalue weighted by Gasteiger charge is 2.21. The standard InChI is InChI=1S/C22H15ClFN5O2/c1-12-9-18(27-20-14(12)5-3-8-17(20)31-2)29-21(13(10-25)11-26-29)28-22(30)19-15(23)6-4-7-16(19)24/h3-9,11H,1-2H3,(H,28,30). The van der Waals surface area contributed by atoms with Gasteiger partial charge < -0.3 is 10.1 Å². The van der Waals surface area contributed by atoms with Gasteiger partial charge in [-0.15, -0.1) is 0 Å². The van der Waals surface area contributed by atoms with Crippen molar-refractivity contribution >= 4 is 34.2 Å². The largest absolute Gasteiger partial charge is 0.494 e. The number of ether oxygens (including phenoxy) is 1. The molecule has 2 aromatic carbocycles. The first-order valence-electron chi connectivity index (χ1n) is 9.12. The smallest absolute Gasteiger partial charge is 0.261 e. The number of amides is 1. The number of nitrogens with zero attached hydrogens (tertiary/aromatic N) is 4. The number of halogens is 2. The molecule has 0 unspecified atom stereocenters. The van der Waals surface area contributed by atoms with E-state index in [2.05, 4.69) is 15.4 Å². The molecule has 2 aromatic heterocycles. The molecular formula is C22H15ClFN5O2. The lowest BCUT2D eigenvalue weighted by atomic mass is 10.1. The number of aromatic nitrogens is 3. The Bertz CT molecular complexity index is 1360.